The summed E-state index contributed by atoms with van der Waals surface area (Å²) in [5, 5.41) is 0. The van der Waals surface area contributed by atoms with E-state index >= 15 is 0 Å². The molecule has 2 aliphatic rings. The van der Waals surface area contributed by atoms with Crippen LogP contribution in [0.2, 0.25) is 0 Å². The normalized spacial score (nSPS) is 17.5. The van der Waals surface area contributed by atoms with Gasteiger partial charge in [0.2, 0.25) is 0 Å². The topological polar surface area (TPSA) is 59.1 Å². The third-order valence-corrected chi connectivity index (χ3v) is 18.4. The van der Waals surface area contributed by atoms with Gasteiger partial charge in [0, 0.05) is 25.2 Å². The van der Waals surface area contributed by atoms with Gasteiger partial charge in [-0.05, 0) is 231 Å². The van der Waals surface area contributed by atoms with Crippen molar-refractivity contribution in [2.24, 2.45) is 23.7 Å². The van der Waals surface area contributed by atoms with Gasteiger partial charge in [0.05, 0.1) is 47.3 Å². The maximum Gasteiger partial charge on any atom is 0.416 e. The number of hydrogen-bond donors (Lipinski definition) is 0. The summed E-state index contributed by atoms with van der Waals surface area (Å²) >= 11 is 0. The van der Waals surface area contributed by atoms with E-state index in [-0.39, 0.29) is 60.9 Å². The van der Waals surface area contributed by atoms with Crippen LogP contribution in [0.5, 0.6) is 0 Å². The lowest BCUT2D eigenvalue weighted by atomic mass is 9.82. The molecule has 96 heavy (non-hydrogen) atoms. The number of nitrogens with zero attached hydrogens (tertiary/aromatic N) is 2. The van der Waals surface area contributed by atoms with Gasteiger partial charge in [0.1, 0.15) is 0 Å². The van der Waals surface area contributed by atoms with Crippen molar-refractivity contribution in [1.82, 2.24) is 9.80 Å². The molecule has 6 atom stereocenters. The molecule has 18 heteroatoms. The van der Waals surface area contributed by atoms with Gasteiger partial charge in [-0.25, -0.2) is 0 Å². The van der Waals surface area contributed by atoms with Gasteiger partial charge in [0.15, 0.2) is 0 Å². The van der Waals surface area contributed by atoms with Crippen molar-refractivity contribution in [3.63, 3.8) is 0 Å². The molecule has 2 heterocycles. The zero-order valence-electron chi connectivity index (χ0n) is 56.9. The minimum atomic E-state index is -4.46. The average molecular weight is 1350 g/mol. The van der Waals surface area contributed by atoms with E-state index in [9.17, 15) is 62.3 Å². The lowest BCUT2D eigenvalue weighted by molar-refractivity contribution is -0.146. The Kier molecular flexibility index (Phi) is 27.0. The van der Waals surface area contributed by atoms with Crippen LogP contribution in [0.25, 0.3) is 22.3 Å². The molecule has 0 aromatic heterocycles. The fraction of sp³-hybridized carbons (Fsp3) is 0.513. The minimum absolute atomic E-state index is 0.0461. The highest BCUT2D eigenvalue weighted by Crippen LogP contribution is 2.44. The number of ether oxygens (including phenoxy) is 2. The van der Waals surface area contributed by atoms with Gasteiger partial charge in [0.25, 0.3) is 0 Å². The highest BCUT2D eigenvalue weighted by Gasteiger charge is 2.37. The monoisotopic (exact) mass is 1350 g/mol. The Morgan fingerprint density at radius 3 is 0.969 bits per heavy atom. The molecule has 6 aromatic rings. The van der Waals surface area contributed by atoms with Crippen LogP contribution in [-0.4, -0.2) is 61.1 Å². The van der Waals surface area contributed by atoms with Crippen molar-refractivity contribution in [2.45, 2.75) is 194 Å². The molecular formula is C78H94F12N2O4. The zero-order valence-corrected chi connectivity index (χ0v) is 56.9. The summed E-state index contributed by atoms with van der Waals surface area (Å²) in [6.45, 7) is 23.6. The van der Waals surface area contributed by atoms with Crippen molar-refractivity contribution in [1.29, 1.82) is 0 Å². The SMILES string of the molecule is CCOC(=O)[C@@H](CC(C)C)c1cc(-c2ccc(C(F)(F)F)cc2)cc(C2CCCN(C(CCC(C)C)c3ccc(C(F)(F)F)cc3)C2)c1.CCOC(=O)[C@H](CC(C)C)c1cc(-c2ccc(C(F)(F)F)cc2)cc(C2CCCN(C(CCC(C)C)c3ccc(C(F)(F)F)cc3)C2)c1. The van der Waals surface area contributed by atoms with Gasteiger partial charge < -0.3 is 9.47 Å². The first-order chi connectivity index (χ1) is 45.1. The molecule has 6 aromatic carbocycles. The van der Waals surface area contributed by atoms with E-state index < -0.39 is 58.8 Å². The number of likely N-dealkylation sites (tertiary alicyclic amines) is 2. The Bertz CT molecular complexity index is 3180. The summed E-state index contributed by atoms with van der Waals surface area (Å²) in [4.78, 5) is 31.2. The standard InChI is InChI=1S/2C39H47F6NO2/c2*1-6-48-37(47)35(20-26(4)5)32-22-30(27-10-14-33(15-11-27)38(40,41)42)21-31(23-32)29-8-7-19-46(24-29)36(18-9-25(2)3)28-12-16-34(17-13-28)39(43,44)45/h2*10-17,21-23,25-26,29,35-36H,6-9,18-20,24H2,1-5H3/t2*29?,35-,36?/m10/s1. The van der Waals surface area contributed by atoms with Crippen LogP contribution in [-0.2, 0) is 43.8 Å². The van der Waals surface area contributed by atoms with Crippen molar-refractivity contribution in [3.05, 3.63) is 189 Å². The highest BCUT2D eigenvalue weighted by atomic mass is 19.4. The second-order valence-corrected chi connectivity index (χ2v) is 27.7. The average Bonchev–Trinajstić information content (AvgIpc) is 0.798. The molecule has 2 fully saturated rings. The number of rotatable bonds is 24. The molecule has 4 unspecified atom stereocenters. The second kappa shape index (κ2) is 33.7. The Balaban J connectivity index is 0.000000271. The predicted molar refractivity (Wildman–Crippen MR) is 355 cm³/mol. The number of carbonyl (C=O) groups is 2. The largest absolute Gasteiger partial charge is 0.466 e. The van der Waals surface area contributed by atoms with Crippen LogP contribution in [0.15, 0.2) is 133 Å². The van der Waals surface area contributed by atoms with Gasteiger partial charge in [-0.2, -0.15) is 52.7 Å². The number of hydrogen-bond acceptors (Lipinski definition) is 6. The molecule has 0 N–H and O–H groups in total. The van der Waals surface area contributed by atoms with Crippen molar-refractivity contribution < 1.29 is 71.7 Å². The summed E-state index contributed by atoms with van der Waals surface area (Å²) in [5.41, 5.74) is 5.09. The molecule has 0 amide bonds. The molecule has 6 nitrogen and oxygen atoms in total. The highest BCUT2D eigenvalue weighted by molar-refractivity contribution is 5.80. The van der Waals surface area contributed by atoms with Crippen molar-refractivity contribution >= 4 is 11.9 Å². The fourth-order valence-electron chi connectivity index (χ4n) is 13.4. The van der Waals surface area contributed by atoms with Gasteiger partial charge in [-0.1, -0.05) is 140 Å². The number of carbonyl (C=O) groups excluding carboxylic acids is 2. The number of piperidine rings is 2. The summed E-state index contributed by atoms with van der Waals surface area (Å²) in [5.74, 6) is -0.424. The van der Waals surface area contributed by atoms with Gasteiger partial charge in [-0.15, -0.1) is 0 Å². The van der Waals surface area contributed by atoms with Crippen molar-refractivity contribution in [2.75, 3.05) is 39.4 Å². The quantitative estimate of drug-likeness (QED) is 0.0445. The number of benzene rings is 6. The molecule has 0 spiro atoms. The Morgan fingerprint density at radius 1 is 0.396 bits per heavy atom. The summed E-state index contributed by atoms with van der Waals surface area (Å²) in [7, 11) is 0. The first-order valence-corrected chi connectivity index (χ1v) is 33.9. The second-order valence-electron chi connectivity index (χ2n) is 27.7. The molecule has 0 radical (unpaired) electrons. The van der Waals surface area contributed by atoms with Crippen molar-refractivity contribution in [3.8, 4) is 22.3 Å². The lowest BCUT2D eigenvalue weighted by Crippen LogP contribution is -2.37. The van der Waals surface area contributed by atoms with Crippen LogP contribution in [0, 0.1) is 23.7 Å². The Morgan fingerprint density at radius 2 is 0.698 bits per heavy atom. The minimum Gasteiger partial charge on any atom is -0.466 e. The number of alkyl halides is 12. The lowest BCUT2D eigenvalue weighted by Gasteiger charge is -2.39. The first kappa shape index (κ1) is 76.7. The molecular weight excluding hydrogens is 1260 g/mol. The zero-order chi connectivity index (χ0) is 70.5. The van der Waals surface area contributed by atoms with Crippen LogP contribution < -0.4 is 0 Å². The molecule has 8 rings (SSSR count). The predicted octanol–water partition coefficient (Wildman–Crippen LogP) is 22.9. The van der Waals surface area contributed by atoms with Crippen LogP contribution in [0.1, 0.15) is 225 Å². The number of esters is 2. The molecule has 2 saturated heterocycles. The van der Waals surface area contributed by atoms with E-state index in [1.54, 1.807) is 38.1 Å². The summed E-state index contributed by atoms with van der Waals surface area (Å²) in [6.07, 6.45) is -9.73. The van der Waals surface area contributed by atoms with E-state index in [2.05, 4.69) is 37.5 Å². The number of halogens is 12. The summed E-state index contributed by atoms with van der Waals surface area (Å²) in [6, 6.07) is 32.9. The van der Waals surface area contributed by atoms with Crippen LogP contribution >= 0.6 is 0 Å². The third kappa shape index (κ3) is 21.7. The Hall–Kier alpha value is -6.66. The maximum atomic E-state index is 13.4. The van der Waals surface area contributed by atoms with E-state index in [4.69, 9.17) is 9.47 Å². The maximum absolute atomic E-state index is 13.4. The van der Waals surface area contributed by atoms with Gasteiger partial charge in [-0.3, -0.25) is 19.4 Å². The molecule has 2 aliphatic heterocycles. The first-order valence-electron chi connectivity index (χ1n) is 33.9. The van der Waals surface area contributed by atoms with E-state index in [0.717, 1.165) is 157 Å². The van der Waals surface area contributed by atoms with E-state index in [1.807, 2.05) is 64.1 Å². The third-order valence-electron chi connectivity index (χ3n) is 18.4. The summed E-state index contributed by atoms with van der Waals surface area (Å²) < 4.78 is 171. The van der Waals surface area contributed by atoms with Crippen LogP contribution in [0.4, 0.5) is 52.7 Å². The van der Waals surface area contributed by atoms with Gasteiger partial charge >= 0.3 is 36.6 Å². The molecule has 524 valence electrons. The fourth-order valence-corrected chi connectivity index (χ4v) is 13.4. The van der Waals surface area contributed by atoms with E-state index in [1.165, 1.54) is 24.3 Å². The van der Waals surface area contributed by atoms with Crippen LogP contribution in [0.3, 0.4) is 0 Å². The Labute approximate surface area is 559 Å². The molecule has 0 saturated carbocycles. The smallest absolute Gasteiger partial charge is 0.416 e. The molecule has 0 aliphatic carbocycles. The van der Waals surface area contributed by atoms with E-state index in [0.29, 0.717) is 48.9 Å². The molecule has 0 bridgehead atoms.